The summed E-state index contributed by atoms with van der Waals surface area (Å²) in [5, 5.41) is 13.7. The number of carbonyl (C=O) groups is 1. The van der Waals surface area contributed by atoms with Crippen molar-refractivity contribution in [2.75, 3.05) is 20.2 Å². The maximum atomic E-state index is 13.4. The molecule has 0 unspecified atom stereocenters. The lowest BCUT2D eigenvalue weighted by Crippen LogP contribution is -2.18. The molecule has 0 bridgehead atoms. The van der Waals surface area contributed by atoms with E-state index in [4.69, 9.17) is 55.6 Å². The highest BCUT2D eigenvalue weighted by atomic mass is 127. The van der Waals surface area contributed by atoms with Gasteiger partial charge in [0, 0.05) is 28.6 Å². The molecule has 0 amide bonds. The lowest BCUT2D eigenvalue weighted by Gasteiger charge is -2.22. The molecule has 2 N–H and O–H groups in total. The molecule has 1 aliphatic heterocycles. The number of carbonyl (C=O) groups excluding carboxylic acids is 1. The van der Waals surface area contributed by atoms with Crippen molar-refractivity contribution in [3.05, 3.63) is 62.3 Å². The number of benzene rings is 3. The second-order valence-electron chi connectivity index (χ2n) is 7.50. The largest absolute Gasteiger partial charge is 0.506 e. The predicted molar refractivity (Wildman–Crippen MR) is 181 cm³/mol. The zero-order valence-electron chi connectivity index (χ0n) is 18.2. The summed E-state index contributed by atoms with van der Waals surface area (Å²) in [6.45, 7) is 0.468. The van der Waals surface area contributed by atoms with Gasteiger partial charge in [-0.25, -0.2) is 4.79 Å². The number of hydrogen-bond donors (Lipinski definition) is 2. The van der Waals surface area contributed by atoms with Crippen molar-refractivity contribution in [3.8, 4) is 28.2 Å². The molecular weight excluding hydrogens is 1020 g/mol. The standard InChI is InChI=1S/C23H11Cl4I4NO5/c1-32-2-3-36-23(35)12-11(13(24)15(26)16(27)14(12)25)10-6-4-8(28)19(33)17(30)21(6)37-22-7(10)5-9(29)20(34)18(22)31/h4-5,32-33H,2-3H2,1H3. The second kappa shape index (κ2) is 12.1. The number of phenolic OH excluding ortho intramolecular Hbond substituents is 1. The Morgan fingerprint density at radius 1 is 0.973 bits per heavy atom. The van der Waals surface area contributed by atoms with E-state index >= 15 is 0 Å². The van der Waals surface area contributed by atoms with Crippen LogP contribution in [0.1, 0.15) is 10.4 Å². The van der Waals surface area contributed by atoms with E-state index in [1.54, 1.807) is 19.2 Å². The van der Waals surface area contributed by atoms with Crippen LogP contribution in [0.25, 0.3) is 33.4 Å². The van der Waals surface area contributed by atoms with Crippen molar-refractivity contribution in [2.24, 2.45) is 0 Å². The summed E-state index contributed by atoms with van der Waals surface area (Å²) in [5.74, 6) is -0.499. The summed E-state index contributed by atoms with van der Waals surface area (Å²) in [5.41, 5.74) is 1.06. The van der Waals surface area contributed by atoms with Crippen LogP contribution in [0.15, 0.2) is 21.3 Å². The fourth-order valence-corrected chi connectivity index (χ4v) is 8.24. The zero-order valence-corrected chi connectivity index (χ0v) is 29.8. The molecule has 2 aromatic rings. The second-order valence-corrected chi connectivity index (χ2v) is 13.5. The number of likely N-dealkylation sites (N-methyl/N-ethyl adjacent to an activating group) is 1. The Hall–Kier alpha value is 0.440. The minimum Gasteiger partial charge on any atom is -0.506 e. The SMILES string of the molecule is CNCCOC(=O)c1c(Cl)c(Cl)c(Cl)c(Cl)c1-c1c2cc(I)c(=O)c(I)c-2oc2c(I)c(O)c(I)cc12. The molecule has 0 aromatic heterocycles. The van der Waals surface area contributed by atoms with Gasteiger partial charge >= 0.3 is 5.97 Å². The first-order valence-electron chi connectivity index (χ1n) is 10.1. The third-order valence-electron chi connectivity index (χ3n) is 5.33. The van der Waals surface area contributed by atoms with Gasteiger partial charge in [0.2, 0.25) is 5.43 Å². The summed E-state index contributed by atoms with van der Waals surface area (Å²) in [6.07, 6.45) is 0. The van der Waals surface area contributed by atoms with Crippen LogP contribution in [0.2, 0.25) is 20.1 Å². The topological polar surface area (TPSA) is 88.8 Å². The molecule has 14 heteroatoms. The first-order chi connectivity index (χ1) is 17.4. The fraction of sp³-hybridized carbons (Fsp3) is 0.130. The molecule has 0 atom stereocenters. The third-order valence-corrected chi connectivity index (χ3v) is 10.7. The normalized spacial score (nSPS) is 11.5. The third kappa shape index (κ3) is 5.40. The van der Waals surface area contributed by atoms with Gasteiger partial charge in [-0.05, 0) is 110 Å². The van der Waals surface area contributed by atoms with Crippen LogP contribution < -0.4 is 10.7 Å². The van der Waals surface area contributed by atoms with Crippen molar-refractivity contribution in [1.29, 1.82) is 0 Å². The molecular formula is C23H11Cl4I4NO5. The van der Waals surface area contributed by atoms with Gasteiger partial charge in [-0.3, -0.25) is 4.79 Å². The minimum atomic E-state index is -0.759. The van der Waals surface area contributed by atoms with Gasteiger partial charge in [-0.15, -0.1) is 0 Å². The summed E-state index contributed by atoms with van der Waals surface area (Å²) in [6, 6.07) is 3.34. The van der Waals surface area contributed by atoms with Crippen molar-refractivity contribution in [1.82, 2.24) is 5.32 Å². The molecule has 194 valence electrons. The van der Waals surface area contributed by atoms with Gasteiger partial charge in [-0.2, -0.15) is 0 Å². The number of halogens is 8. The summed E-state index contributed by atoms with van der Waals surface area (Å²) < 4.78 is 13.3. The molecule has 0 fully saturated rings. The zero-order chi connectivity index (χ0) is 27.3. The van der Waals surface area contributed by atoms with E-state index < -0.39 is 5.97 Å². The maximum Gasteiger partial charge on any atom is 0.340 e. The van der Waals surface area contributed by atoms with Crippen LogP contribution in [-0.2, 0) is 4.74 Å². The van der Waals surface area contributed by atoms with E-state index in [0.29, 0.717) is 37.3 Å². The number of esters is 1. The average molecular weight is 1030 g/mol. The van der Waals surface area contributed by atoms with Gasteiger partial charge in [0.1, 0.15) is 15.9 Å². The van der Waals surface area contributed by atoms with E-state index in [1.165, 1.54) is 0 Å². The van der Waals surface area contributed by atoms with Crippen molar-refractivity contribution in [3.63, 3.8) is 0 Å². The monoisotopic (exact) mass is 1030 g/mol. The molecule has 1 heterocycles. The van der Waals surface area contributed by atoms with Gasteiger partial charge in [0.15, 0.2) is 11.3 Å². The van der Waals surface area contributed by atoms with E-state index in [9.17, 15) is 14.7 Å². The Morgan fingerprint density at radius 3 is 2.27 bits per heavy atom. The van der Waals surface area contributed by atoms with Crippen molar-refractivity contribution >= 4 is 154 Å². The fourth-order valence-electron chi connectivity index (χ4n) is 3.64. The first kappa shape index (κ1) is 30.4. The van der Waals surface area contributed by atoms with Gasteiger partial charge in [0.25, 0.3) is 0 Å². The lowest BCUT2D eigenvalue weighted by molar-refractivity contribution is 0.0511. The number of ether oxygens (including phenoxy) is 1. The van der Waals surface area contributed by atoms with E-state index in [1.807, 2.05) is 90.4 Å². The van der Waals surface area contributed by atoms with Crippen LogP contribution in [0.5, 0.6) is 5.75 Å². The molecule has 2 aliphatic rings. The Bertz CT molecular complexity index is 1640. The van der Waals surface area contributed by atoms with Crippen LogP contribution >= 0.6 is 137 Å². The Morgan fingerprint density at radius 2 is 1.62 bits per heavy atom. The van der Waals surface area contributed by atoms with E-state index in [0.717, 1.165) is 0 Å². The van der Waals surface area contributed by atoms with Crippen LogP contribution in [-0.4, -0.2) is 31.3 Å². The van der Waals surface area contributed by atoms with E-state index in [2.05, 4.69) is 5.32 Å². The molecule has 0 saturated heterocycles. The minimum absolute atomic E-state index is 0.00980. The quantitative estimate of drug-likeness (QED) is 0.0520. The Balaban J connectivity index is 2.28. The predicted octanol–water partition coefficient (Wildman–Crippen LogP) is 8.68. The number of aromatic hydroxyl groups is 1. The molecule has 2 aromatic carbocycles. The first-order valence-corrected chi connectivity index (χ1v) is 15.9. The summed E-state index contributed by atoms with van der Waals surface area (Å²) in [4.78, 5) is 26.2. The lowest BCUT2D eigenvalue weighted by atomic mass is 9.90. The van der Waals surface area contributed by atoms with Crippen LogP contribution in [0.3, 0.4) is 0 Å². The number of fused-ring (bicyclic) bond motifs is 2. The summed E-state index contributed by atoms with van der Waals surface area (Å²) in [7, 11) is 1.72. The van der Waals surface area contributed by atoms with Gasteiger partial charge in [-0.1, -0.05) is 46.4 Å². The van der Waals surface area contributed by atoms with Crippen molar-refractivity contribution < 1.29 is 19.1 Å². The number of nitrogens with one attached hydrogen (secondary N) is 1. The highest BCUT2D eigenvalue weighted by Crippen LogP contribution is 2.52. The number of phenols is 1. The maximum absolute atomic E-state index is 13.4. The highest BCUT2D eigenvalue weighted by Gasteiger charge is 2.33. The molecule has 0 saturated carbocycles. The van der Waals surface area contributed by atoms with Crippen LogP contribution in [0, 0.1) is 14.3 Å². The molecule has 1 aliphatic carbocycles. The molecule has 37 heavy (non-hydrogen) atoms. The molecule has 4 rings (SSSR count). The smallest absolute Gasteiger partial charge is 0.340 e. The number of hydrogen-bond acceptors (Lipinski definition) is 6. The number of rotatable bonds is 5. The molecule has 6 nitrogen and oxygen atoms in total. The van der Waals surface area contributed by atoms with Gasteiger partial charge < -0.3 is 19.6 Å². The van der Waals surface area contributed by atoms with Crippen molar-refractivity contribution in [2.45, 2.75) is 0 Å². The molecule has 0 radical (unpaired) electrons. The highest BCUT2D eigenvalue weighted by molar-refractivity contribution is 14.1. The Kier molecular flexibility index (Phi) is 9.96. The van der Waals surface area contributed by atoms with Gasteiger partial charge in [0.05, 0.1) is 36.4 Å². The Labute approximate surface area is 285 Å². The molecule has 0 spiro atoms. The van der Waals surface area contributed by atoms with Crippen LogP contribution in [0.4, 0.5) is 0 Å². The average Bonchev–Trinajstić information content (AvgIpc) is 2.86. The summed E-state index contributed by atoms with van der Waals surface area (Å²) >= 11 is 34.1. The van der Waals surface area contributed by atoms with E-state index in [-0.39, 0.29) is 60.3 Å².